The van der Waals surface area contributed by atoms with Crippen LogP contribution in [-0.2, 0) is 20.8 Å². The summed E-state index contributed by atoms with van der Waals surface area (Å²) in [6.07, 6.45) is -0.212. The number of hydrogen-bond donors (Lipinski definition) is 4. The lowest BCUT2D eigenvalue weighted by atomic mass is 9.64. The molecule has 4 rings (SSSR count). The molecule has 1 unspecified atom stereocenters. The van der Waals surface area contributed by atoms with Crippen molar-refractivity contribution in [3.8, 4) is 5.75 Å². The van der Waals surface area contributed by atoms with E-state index >= 15 is 0 Å². The monoisotopic (exact) mass is 563 g/mol. The van der Waals surface area contributed by atoms with E-state index in [1.807, 2.05) is 0 Å². The van der Waals surface area contributed by atoms with Crippen molar-refractivity contribution in [2.75, 3.05) is 25.4 Å². The van der Waals surface area contributed by atoms with Crippen LogP contribution < -0.4 is 15.7 Å². The number of amides is 4. The highest BCUT2D eigenvalue weighted by Gasteiger charge is 2.41. The normalized spacial score (nSPS) is 18.1. The summed E-state index contributed by atoms with van der Waals surface area (Å²) in [7, 11) is -1.54. The molecule has 38 heavy (non-hydrogen) atoms. The molecule has 0 aliphatic carbocycles. The number of benzene rings is 1. The number of nitrogen functional groups attached to an aromatic ring is 1. The predicted octanol–water partition coefficient (Wildman–Crippen LogP) is 0.963. The molecule has 1 aromatic carbocycles. The third-order valence-electron chi connectivity index (χ3n) is 6.35. The molecule has 1 aromatic heterocycles. The Labute approximate surface area is 225 Å². The van der Waals surface area contributed by atoms with Crippen LogP contribution in [0.4, 0.5) is 9.93 Å². The number of carbonyl (C=O) groups is 5. The summed E-state index contributed by atoms with van der Waals surface area (Å²) in [5.41, 5.74) is 5.99. The van der Waals surface area contributed by atoms with E-state index in [2.05, 4.69) is 10.3 Å². The zero-order chi connectivity index (χ0) is 27.7. The van der Waals surface area contributed by atoms with E-state index in [9.17, 15) is 34.1 Å². The number of halogens is 1. The van der Waals surface area contributed by atoms with Crippen molar-refractivity contribution in [1.29, 1.82) is 0 Å². The molecule has 2 aliphatic rings. The molecule has 1 saturated heterocycles. The van der Waals surface area contributed by atoms with Gasteiger partial charge in [0.05, 0.1) is 10.7 Å². The molecular weight excluding hydrogens is 541 g/mol. The largest absolute Gasteiger partial charge is 0.535 e. The fourth-order valence-electron chi connectivity index (χ4n) is 4.37. The summed E-state index contributed by atoms with van der Waals surface area (Å²) in [6.45, 7) is 2.13. The van der Waals surface area contributed by atoms with Crippen LogP contribution in [0.2, 0.25) is 10.8 Å². The number of likely N-dealkylation sites (N-methyl/N-ethyl adjacent to an activating group) is 1. The number of fused-ring (bicyclic) bond motifs is 1. The van der Waals surface area contributed by atoms with Gasteiger partial charge in [-0.1, -0.05) is 17.7 Å². The average Bonchev–Trinajstić information content (AvgIpc) is 3.30. The van der Waals surface area contributed by atoms with Crippen molar-refractivity contribution in [1.82, 2.24) is 20.1 Å². The summed E-state index contributed by atoms with van der Waals surface area (Å²) >= 11 is 7.02. The number of nitrogens with two attached hydrogens (primary N) is 1. The molecule has 0 spiro atoms. The first-order valence-electron chi connectivity index (χ1n) is 11.6. The molecule has 2 aromatic rings. The second kappa shape index (κ2) is 11.0. The molecular formula is C22H23BClN5O8S. The van der Waals surface area contributed by atoms with Gasteiger partial charge in [0.25, 0.3) is 0 Å². The number of carboxylic acids is 1. The number of aromatic nitrogens is 1. The van der Waals surface area contributed by atoms with Gasteiger partial charge in [-0.15, -0.1) is 11.3 Å². The third kappa shape index (κ3) is 5.30. The van der Waals surface area contributed by atoms with Gasteiger partial charge < -0.3 is 30.7 Å². The molecule has 2 atom stereocenters. The number of piperazine rings is 1. The number of carboxylic acid groups (broad SMARTS) is 1. The molecule has 4 amide bonds. The van der Waals surface area contributed by atoms with Crippen LogP contribution in [-0.4, -0.2) is 81.3 Å². The highest BCUT2D eigenvalue weighted by atomic mass is 35.5. The Hall–Kier alpha value is -3.69. The number of imide groups is 1. The molecule has 0 bridgehead atoms. The van der Waals surface area contributed by atoms with Crippen molar-refractivity contribution in [3.63, 3.8) is 0 Å². The lowest BCUT2D eigenvalue weighted by Crippen LogP contribution is -2.58. The minimum Gasteiger partial charge on any atom is -0.535 e. The van der Waals surface area contributed by atoms with Crippen LogP contribution in [0.1, 0.15) is 41.0 Å². The number of nitrogens with one attached hydrogen (secondary N) is 1. The molecule has 2 aliphatic heterocycles. The SMILES string of the molecule is CCN1CCN(C(=O)NC(C(=O)C[C@H]2Cc3ccc(Cl)c(C(=O)O)c3OB2O)c2csc(N)n2)C(=O)C1=O. The van der Waals surface area contributed by atoms with Gasteiger partial charge in [0.15, 0.2) is 10.9 Å². The summed E-state index contributed by atoms with van der Waals surface area (Å²) in [5, 5.41) is 24.1. The molecule has 3 heterocycles. The number of ketones is 1. The standard InChI is InChI=1S/C22H23BClN5O8S/c1-2-28-5-6-29(19(32)18(28)31)22(35)27-16(13-9-38-21(25)26-13)14(30)8-11-7-10-3-4-12(24)15(20(33)34)17(10)37-23(11)36/h3-4,9,11,16,36H,2,5-8H2,1H3,(H2,25,26)(H,27,35)(H,33,34)/t11-,16?/m1/s1. The van der Waals surface area contributed by atoms with Crippen LogP contribution in [0.5, 0.6) is 5.75 Å². The van der Waals surface area contributed by atoms with Crippen molar-refractivity contribution < 1.29 is 38.8 Å². The average molecular weight is 564 g/mol. The quantitative estimate of drug-likeness (QED) is 0.278. The summed E-state index contributed by atoms with van der Waals surface area (Å²) in [5.74, 6) is -4.61. The molecule has 16 heteroatoms. The van der Waals surface area contributed by atoms with Crippen LogP contribution in [0.15, 0.2) is 17.5 Å². The molecule has 0 saturated carbocycles. The van der Waals surface area contributed by atoms with Gasteiger partial charge in [0.2, 0.25) is 0 Å². The Morgan fingerprint density at radius 3 is 2.68 bits per heavy atom. The number of Topliss-reactive ketones (excluding diaryl/α,β-unsaturated/α-hetero) is 1. The zero-order valence-corrected chi connectivity index (χ0v) is 21.6. The van der Waals surface area contributed by atoms with Crippen LogP contribution >= 0.6 is 22.9 Å². The maximum Gasteiger partial charge on any atom is 0.526 e. The minimum atomic E-state index is -1.54. The first-order valence-corrected chi connectivity index (χ1v) is 12.8. The Balaban J connectivity index is 1.54. The summed E-state index contributed by atoms with van der Waals surface area (Å²) < 4.78 is 5.45. The van der Waals surface area contributed by atoms with Crippen LogP contribution in [0, 0.1) is 0 Å². The van der Waals surface area contributed by atoms with E-state index in [0.717, 1.165) is 16.2 Å². The summed E-state index contributed by atoms with van der Waals surface area (Å²) in [6, 6.07) is 0.653. The first kappa shape index (κ1) is 27.4. The van der Waals surface area contributed by atoms with Gasteiger partial charge in [-0.3, -0.25) is 19.3 Å². The first-order chi connectivity index (χ1) is 18.0. The minimum absolute atomic E-state index is 0.0508. The Kier molecular flexibility index (Phi) is 7.90. The Morgan fingerprint density at radius 2 is 2.05 bits per heavy atom. The Morgan fingerprint density at radius 1 is 1.32 bits per heavy atom. The molecule has 0 radical (unpaired) electrons. The smallest absolute Gasteiger partial charge is 0.526 e. The molecule has 13 nitrogen and oxygen atoms in total. The van der Waals surface area contributed by atoms with Crippen molar-refractivity contribution in [2.45, 2.75) is 31.6 Å². The number of nitrogens with zero attached hydrogens (tertiary/aromatic N) is 3. The van der Waals surface area contributed by atoms with Crippen molar-refractivity contribution in [3.05, 3.63) is 39.4 Å². The maximum atomic E-state index is 13.4. The van der Waals surface area contributed by atoms with Gasteiger partial charge in [0, 0.05) is 37.3 Å². The second-order valence-corrected chi connectivity index (χ2v) is 9.99. The number of anilines is 1. The Bertz CT molecular complexity index is 1320. The second-order valence-electron chi connectivity index (χ2n) is 8.69. The fraction of sp³-hybridized carbons (Fsp3) is 0.364. The van der Waals surface area contributed by atoms with Crippen LogP contribution in [0.3, 0.4) is 0 Å². The van der Waals surface area contributed by atoms with Crippen molar-refractivity contribution in [2.24, 2.45) is 0 Å². The molecule has 200 valence electrons. The maximum absolute atomic E-state index is 13.4. The van der Waals surface area contributed by atoms with Gasteiger partial charge in [-0.2, -0.15) is 0 Å². The number of rotatable bonds is 7. The van der Waals surface area contributed by atoms with Gasteiger partial charge in [-0.05, 0) is 25.0 Å². The summed E-state index contributed by atoms with van der Waals surface area (Å²) in [4.78, 5) is 68.8. The lowest BCUT2D eigenvalue weighted by Gasteiger charge is -2.33. The number of hydrogen-bond acceptors (Lipinski definition) is 10. The number of thiazole rings is 1. The zero-order valence-electron chi connectivity index (χ0n) is 20.0. The highest BCUT2D eigenvalue weighted by molar-refractivity contribution is 7.13. The van der Waals surface area contributed by atoms with Gasteiger partial charge >= 0.3 is 30.9 Å². The predicted molar refractivity (Wildman–Crippen MR) is 136 cm³/mol. The van der Waals surface area contributed by atoms with Crippen LogP contribution in [0.25, 0.3) is 0 Å². The van der Waals surface area contributed by atoms with E-state index in [1.165, 1.54) is 16.3 Å². The third-order valence-corrected chi connectivity index (χ3v) is 7.36. The van der Waals surface area contributed by atoms with E-state index in [-0.39, 0.29) is 53.1 Å². The molecule has 1 fully saturated rings. The van der Waals surface area contributed by atoms with E-state index in [4.69, 9.17) is 22.0 Å². The van der Waals surface area contributed by atoms with E-state index in [0.29, 0.717) is 12.1 Å². The molecule has 5 N–H and O–H groups in total. The highest BCUT2D eigenvalue weighted by Crippen LogP contribution is 2.39. The van der Waals surface area contributed by atoms with Crippen molar-refractivity contribution >= 4 is 64.8 Å². The number of carbonyl (C=O) groups excluding carboxylic acids is 4. The fourth-order valence-corrected chi connectivity index (χ4v) is 5.19. The van der Waals surface area contributed by atoms with Gasteiger partial charge in [-0.25, -0.2) is 14.6 Å². The van der Waals surface area contributed by atoms with E-state index < -0.39 is 48.6 Å². The number of aromatic carboxylic acids is 1. The number of urea groups is 1. The van der Waals surface area contributed by atoms with Gasteiger partial charge in [0.1, 0.15) is 17.4 Å². The lowest BCUT2D eigenvalue weighted by molar-refractivity contribution is -0.153. The van der Waals surface area contributed by atoms with E-state index in [1.54, 1.807) is 13.0 Å². The topological polar surface area (TPSA) is 192 Å².